The Bertz CT molecular complexity index is 138. The van der Waals surface area contributed by atoms with E-state index in [-0.39, 0.29) is 17.5 Å². The predicted molar refractivity (Wildman–Crippen MR) is 52.4 cm³/mol. The molecule has 2 nitrogen and oxygen atoms in total. The first kappa shape index (κ1) is 10.4. The molecule has 0 heterocycles. The third-order valence-electron chi connectivity index (χ3n) is 2.49. The number of aliphatic hydroxyl groups excluding tert-OH is 2. The molecule has 0 spiro atoms. The molecule has 1 fully saturated rings. The largest absolute Gasteiger partial charge is 0.392 e. The highest BCUT2D eigenvalue weighted by atomic mass is 32.2. The van der Waals surface area contributed by atoms with Crippen LogP contribution < -0.4 is 0 Å². The Morgan fingerprint density at radius 3 is 2.42 bits per heavy atom. The van der Waals surface area contributed by atoms with Crippen molar-refractivity contribution in [2.45, 2.75) is 55.8 Å². The summed E-state index contributed by atoms with van der Waals surface area (Å²) in [5.74, 6) is 0. The average molecular weight is 190 g/mol. The second-order valence-corrected chi connectivity index (χ2v) is 5.24. The molecule has 4 atom stereocenters. The van der Waals surface area contributed by atoms with Crippen LogP contribution in [0.25, 0.3) is 0 Å². The first-order valence-electron chi connectivity index (χ1n) is 4.63. The van der Waals surface area contributed by atoms with Crippen LogP contribution in [0, 0.1) is 0 Å². The minimum absolute atomic E-state index is 0.142. The van der Waals surface area contributed by atoms with E-state index in [1.165, 1.54) is 0 Å². The zero-order valence-electron chi connectivity index (χ0n) is 7.73. The number of hydrogen-bond acceptors (Lipinski definition) is 3. The van der Waals surface area contributed by atoms with Gasteiger partial charge < -0.3 is 10.2 Å². The molecule has 0 bridgehead atoms. The summed E-state index contributed by atoms with van der Waals surface area (Å²) in [6.45, 7) is 3.82. The second-order valence-electron chi connectivity index (χ2n) is 3.62. The van der Waals surface area contributed by atoms with Crippen LogP contribution in [0.15, 0.2) is 0 Å². The maximum Gasteiger partial charge on any atom is 0.0658 e. The smallest absolute Gasteiger partial charge is 0.0658 e. The van der Waals surface area contributed by atoms with Crippen LogP contribution in [0.1, 0.15) is 33.1 Å². The van der Waals surface area contributed by atoms with Crippen LogP contribution in [-0.2, 0) is 0 Å². The Labute approximate surface area is 78.4 Å². The Morgan fingerprint density at radius 2 is 2.00 bits per heavy atom. The molecular formula is C9H18O2S. The van der Waals surface area contributed by atoms with Crippen molar-refractivity contribution in [3.63, 3.8) is 0 Å². The second kappa shape index (κ2) is 4.49. The zero-order chi connectivity index (χ0) is 9.14. The predicted octanol–water partition coefficient (Wildman–Crippen LogP) is 1.40. The molecule has 0 aromatic rings. The molecule has 3 heteroatoms. The van der Waals surface area contributed by atoms with Crippen molar-refractivity contribution in [1.29, 1.82) is 0 Å². The minimum Gasteiger partial charge on any atom is -0.392 e. The standard InChI is InChI=1S/C9H18O2S/c1-6(10)7(2)12-9-5-3-4-8(9)11/h6-11H,3-5H2,1-2H3/t6?,7?,8-,9-/m1/s1. The summed E-state index contributed by atoms with van der Waals surface area (Å²) in [7, 11) is 0. The fraction of sp³-hybridized carbons (Fsp3) is 1.00. The molecular weight excluding hydrogens is 172 g/mol. The Kier molecular flexibility index (Phi) is 3.87. The number of thioether (sulfide) groups is 1. The first-order valence-corrected chi connectivity index (χ1v) is 5.57. The van der Waals surface area contributed by atoms with Gasteiger partial charge in [0.1, 0.15) is 0 Å². The lowest BCUT2D eigenvalue weighted by molar-refractivity contribution is 0.183. The normalized spacial score (nSPS) is 35.0. The van der Waals surface area contributed by atoms with Crippen LogP contribution in [0.3, 0.4) is 0 Å². The molecule has 2 unspecified atom stereocenters. The van der Waals surface area contributed by atoms with E-state index >= 15 is 0 Å². The highest BCUT2D eigenvalue weighted by Crippen LogP contribution is 2.33. The van der Waals surface area contributed by atoms with Crippen LogP contribution in [0.2, 0.25) is 0 Å². The van der Waals surface area contributed by atoms with E-state index in [2.05, 4.69) is 0 Å². The molecule has 0 aromatic carbocycles. The first-order chi connectivity index (χ1) is 5.61. The fourth-order valence-corrected chi connectivity index (χ4v) is 2.85. The van der Waals surface area contributed by atoms with Crippen LogP contribution in [-0.4, -0.2) is 32.9 Å². The van der Waals surface area contributed by atoms with Crippen molar-refractivity contribution in [3.05, 3.63) is 0 Å². The van der Waals surface area contributed by atoms with Crippen molar-refractivity contribution >= 4 is 11.8 Å². The van der Waals surface area contributed by atoms with E-state index in [1.54, 1.807) is 18.7 Å². The average Bonchev–Trinajstić information content (AvgIpc) is 2.36. The van der Waals surface area contributed by atoms with Gasteiger partial charge in [-0.05, 0) is 26.2 Å². The molecule has 72 valence electrons. The third kappa shape index (κ3) is 2.64. The van der Waals surface area contributed by atoms with Gasteiger partial charge in [0, 0.05) is 10.5 Å². The van der Waals surface area contributed by atoms with Crippen molar-refractivity contribution in [2.24, 2.45) is 0 Å². The molecule has 1 saturated carbocycles. The van der Waals surface area contributed by atoms with Gasteiger partial charge in [0.15, 0.2) is 0 Å². The van der Waals surface area contributed by atoms with Crippen molar-refractivity contribution in [2.75, 3.05) is 0 Å². The van der Waals surface area contributed by atoms with E-state index in [4.69, 9.17) is 0 Å². The number of rotatable bonds is 3. The van der Waals surface area contributed by atoms with E-state index in [9.17, 15) is 10.2 Å². The summed E-state index contributed by atoms with van der Waals surface area (Å²) in [5.41, 5.74) is 0. The minimum atomic E-state index is -0.275. The van der Waals surface area contributed by atoms with Gasteiger partial charge >= 0.3 is 0 Å². The van der Waals surface area contributed by atoms with Gasteiger partial charge in [-0.2, -0.15) is 11.8 Å². The van der Waals surface area contributed by atoms with Gasteiger partial charge in [-0.3, -0.25) is 0 Å². The van der Waals surface area contributed by atoms with E-state index in [1.807, 2.05) is 6.92 Å². The molecule has 0 radical (unpaired) electrons. The van der Waals surface area contributed by atoms with Crippen LogP contribution >= 0.6 is 11.8 Å². The molecule has 1 aliphatic carbocycles. The molecule has 12 heavy (non-hydrogen) atoms. The van der Waals surface area contributed by atoms with Gasteiger partial charge in [0.25, 0.3) is 0 Å². The van der Waals surface area contributed by atoms with Gasteiger partial charge in [0.2, 0.25) is 0 Å². The summed E-state index contributed by atoms with van der Waals surface area (Å²) in [4.78, 5) is 0. The summed E-state index contributed by atoms with van der Waals surface area (Å²) < 4.78 is 0. The molecule has 1 rings (SSSR count). The Balaban J connectivity index is 2.30. The van der Waals surface area contributed by atoms with Crippen molar-refractivity contribution in [1.82, 2.24) is 0 Å². The number of aliphatic hydroxyl groups is 2. The Hall–Kier alpha value is 0.270. The van der Waals surface area contributed by atoms with E-state index < -0.39 is 0 Å². The molecule has 2 N–H and O–H groups in total. The summed E-state index contributed by atoms with van der Waals surface area (Å²) in [6, 6.07) is 0. The summed E-state index contributed by atoms with van der Waals surface area (Å²) in [5, 5.41) is 19.4. The lowest BCUT2D eigenvalue weighted by Gasteiger charge is -2.20. The fourth-order valence-electron chi connectivity index (χ4n) is 1.45. The Morgan fingerprint density at radius 1 is 1.33 bits per heavy atom. The van der Waals surface area contributed by atoms with Gasteiger partial charge in [-0.25, -0.2) is 0 Å². The van der Waals surface area contributed by atoms with Gasteiger partial charge in [-0.1, -0.05) is 6.92 Å². The zero-order valence-corrected chi connectivity index (χ0v) is 8.55. The van der Waals surface area contributed by atoms with Crippen molar-refractivity contribution < 1.29 is 10.2 Å². The highest BCUT2D eigenvalue weighted by molar-refractivity contribution is 8.00. The lowest BCUT2D eigenvalue weighted by atomic mass is 10.3. The lowest BCUT2D eigenvalue weighted by Crippen LogP contribution is -2.23. The molecule has 0 aliphatic heterocycles. The molecule has 1 aliphatic rings. The summed E-state index contributed by atoms with van der Waals surface area (Å²) >= 11 is 1.72. The maximum absolute atomic E-state index is 9.52. The third-order valence-corrected chi connectivity index (χ3v) is 4.21. The molecule has 0 amide bonds. The molecule has 0 aromatic heterocycles. The van der Waals surface area contributed by atoms with E-state index in [0.717, 1.165) is 19.3 Å². The number of hydrogen-bond donors (Lipinski definition) is 2. The van der Waals surface area contributed by atoms with E-state index in [0.29, 0.717) is 5.25 Å². The maximum atomic E-state index is 9.52. The van der Waals surface area contributed by atoms with Gasteiger partial charge in [0.05, 0.1) is 12.2 Å². The molecule has 0 saturated heterocycles. The topological polar surface area (TPSA) is 40.5 Å². The SMILES string of the molecule is CC(O)C(C)S[C@@H]1CCC[C@H]1O. The van der Waals surface area contributed by atoms with Gasteiger partial charge in [-0.15, -0.1) is 0 Å². The van der Waals surface area contributed by atoms with Crippen LogP contribution in [0.5, 0.6) is 0 Å². The summed E-state index contributed by atoms with van der Waals surface area (Å²) in [6.07, 6.45) is 2.75. The quantitative estimate of drug-likeness (QED) is 0.707. The van der Waals surface area contributed by atoms with Crippen molar-refractivity contribution in [3.8, 4) is 0 Å². The van der Waals surface area contributed by atoms with Crippen LogP contribution in [0.4, 0.5) is 0 Å². The monoisotopic (exact) mass is 190 g/mol. The highest BCUT2D eigenvalue weighted by Gasteiger charge is 2.28.